The molecule has 0 aromatic heterocycles. The monoisotopic (exact) mass is 210 g/mol. The van der Waals surface area contributed by atoms with Gasteiger partial charge in [0.15, 0.2) is 0 Å². The lowest BCUT2D eigenvalue weighted by Gasteiger charge is -2.12. The third-order valence-corrected chi connectivity index (χ3v) is 3.03. The molecule has 0 saturated carbocycles. The van der Waals surface area contributed by atoms with E-state index >= 15 is 0 Å². The molecule has 0 saturated heterocycles. The maximum Gasteiger partial charge on any atom is -0.0326 e. The Morgan fingerprint density at radius 3 is 2.07 bits per heavy atom. The van der Waals surface area contributed by atoms with E-state index in [1.165, 1.54) is 50.5 Å². The molecule has 0 heteroatoms. The molecule has 0 bridgehead atoms. The predicted molar refractivity (Wildman–Crippen MR) is 71.1 cm³/mol. The van der Waals surface area contributed by atoms with E-state index in [2.05, 4.69) is 34.3 Å². The van der Waals surface area contributed by atoms with Crippen LogP contribution >= 0.6 is 0 Å². The van der Waals surface area contributed by atoms with Crippen LogP contribution in [0.25, 0.3) is 0 Å². The largest absolute Gasteiger partial charge is 0.100 e. The molecule has 0 aromatic carbocycles. The van der Waals surface area contributed by atoms with Crippen molar-refractivity contribution in [1.29, 1.82) is 0 Å². The zero-order chi connectivity index (χ0) is 11.7. The number of rotatable bonds is 9. The molecule has 0 radical (unpaired) electrons. The lowest BCUT2D eigenvalue weighted by Crippen LogP contribution is -1.96. The highest BCUT2D eigenvalue weighted by Crippen LogP contribution is 2.18. The molecular formula is C15H30. The van der Waals surface area contributed by atoms with Crippen LogP contribution in [0.2, 0.25) is 0 Å². The van der Waals surface area contributed by atoms with Gasteiger partial charge in [-0.15, -0.1) is 6.58 Å². The molecule has 0 aromatic rings. The fourth-order valence-electron chi connectivity index (χ4n) is 1.94. The number of allylic oxidation sites excluding steroid dienone is 1. The van der Waals surface area contributed by atoms with Crippen LogP contribution in [0, 0.1) is 11.8 Å². The van der Waals surface area contributed by atoms with Crippen LogP contribution in [-0.2, 0) is 0 Å². The third-order valence-electron chi connectivity index (χ3n) is 3.03. The Bertz CT molecular complexity index is 155. The van der Waals surface area contributed by atoms with Crippen molar-refractivity contribution in [1.82, 2.24) is 0 Å². The first-order chi connectivity index (χ1) is 7.02. The Morgan fingerprint density at radius 2 is 1.53 bits per heavy atom. The van der Waals surface area contributed by atoms with E-state index in [1.807, 2.05) is 0 Å². The van der Waals surface area contributed by atoms with E-state index in [9.17, 15) is 0 Å². The van der Waals surface area contributed by atoms with E-state index in [1.54, 1.807) is 0 Å². The highest BCUT2D eigenvalue weighted by Gasteiger charge is 2.02. The molecule has 90 valence electrons. The summed E-state index contributed by atoms with van der Waals surface area (Å²) in [5.41, 5.74) is 1.34. The van der Waals surface area contributed by atoms with E-state index in [0.717, 1.165) is 11.8 Å². The van der Waals surface area contributed by atoms with Crippen LogP contribution in [0.15, 0.2) is 12.2 Å². The maximum atomic E-state index is 3.94. The highest BCUT2D eigenvalue weighted by atomic mass is 14.1. The van der Waals surface area contributed by atoms with Gasteiger partial charge in [0.05, 0.1) is 0 Å². The number of hydrogen-bond donors (Lipinski definition) is 0. The van der Waals surface area contributed by atoms with Gasteiger partial charge in [-0.1, -0.05) is 58.4 Å². The molecule has 0 fully saturated rings. The average Bonchev–Trinajstić information content (AvgIpc) is 2.11. The van der Waals surface area contributed by atoms with Gasteiger partial charge in [-0.3, -0.25) is 0 Å². The van der Waals surface area contributed by atoms with Crippen LogP contribution in [0.3, 0.4) is 0 Å². The molecule has 15 heavy (non-hydrogen) atoms. The topological polar surface area (TPSA) is 0 Å². The van der Waals surface area contributed by atoms with Crippen molar-refractivity contribution in [3.8, 4) is 0 Å². The van der Waals surface area contributed by atoms with Crippen molar-refractivity contribution in [2.45, 2.75) is 72.6 Å². The summed E-state index contributed by atoms with van der Waals surface area (Å²) in [5.74, 6) is 1.80. The van der Waals surface area contributed by atoms with Gasteiger partial charge in [0, 0.05) is 0 Å². The first kappa shape index (κ1) is 14.7. The van der Waals surface area contributed by atoms with Crippen molar-refractivity contribution in [2.24, 2.45) is 11.8 Å². The molecule has 0 rings (SSSR count). The second kappa shape index (κ2) is 9.00. The zero-order valence-corrected chi connectivity index (χ0v) is 11.3. The minimum atomic E-state index is 0.876. The summed E-state index contributed by atoms with van der Waals surface area (Å²) in [7, 11) is 0. The maximum absolute atomic E-state index is 3.94. The SMILES string of the molecule is C=C(C)CCCCC(C)CCCC(C)C. The van der Waals surface area contributed by atoms with E-state index in [0.29, 0.717) is 0 Å². The normalized spacial score (nSPS) is 13.1. The Hall–Kier alpha value is -0.260. The van der Waals surface area contributed by atoms with Gasteiger partial charge in [-0.05, 0) is 31.6 Å². The fourth-order valence-corrected chi connectivity index (χ4v) is 1.94. The summed E-state index contributed by atoms with van der Waals surface area (Å²) >= 11 is 0. The molecule has 0 N–H and O–H groups in total. The molecule has 0 aliphatic heterocycles. The summed E-state index contributed by atoms with van der Waals surface area (Å²) in [6, 6.07) is 0. The van der Waals surface area contributed by atoms with Gasteiger partial charge in [-0.25, -0.2) is 0 Å². The Kier molecular flexibility index (Phi) is 8.85. The van der Waals surface area contributed by atoms with E-state index in [-0.39, 0.29) is 0 Å². The van der Waals surface area contributed by atoms with Crippen LogP contribution in [-0.4, -0.2) is 0 Å². The second-order valence-electron chi connectivity index (χ2n) is 5.63. The van der Waals surface area contributed by atoms with Crippen LogP contribution in [0.5, 0.6) is 0 Å². The molecule has 0 aliphatic rings. The van der Waals surface area contributed by atoms with Crippen LogP contribution in [0.4, 0.5) is 0 Å². The number of hydrogen-bond acceptors (Lipinski definition) is 0. The minimum Gasteiger partial charge on any atom is -0.100 e. The third kappa shape index (κ3) is 11.7. The summed E-state index contributed by atoms with van der Waals surface area (Å²) in [6.45, 7) is 13.1. The summed E-state index contributed by atoms with van der Waals surface area (Å²) < 4.78 is 0. The Balaban J connectivity index is 3.25. The zero-order valence-electron chi connectivity index (χ0n) is 11.3. The van der Waals surface area contributed by atoms with Crippen molar-refractivity contribution in [3.63, 3.8) is 0 Å². The first-order valence-corrected chi connectivity index (χ1v) is 6.66. The Morgan fingerprint density at radius 1 is 0.933 bits per heavy atom. The Labute approximate surface area is 97.2 Å². The minimum absolute atomic E-state index is 0.876. The van der Waals surface area contributed by atoms with Crippen molar-refractivity contribution < 1.29 is 0 Å². The van der Waals surface area contributed by atoms with Crippen molar-refractivity contribution >= 4 is 0 Å². The van der Waals surface area contributed by atoms with Gasteiger partial charge >= 0.3 is 0 Å². The van der Waals surface area contributed by atoms with Gasteiger partial charge in [-0.2, -0.15) is 0 Å². The van der Waals surface area contributed by atoms with Crippen LogP contribution < -0.4 is 0 Å². The molecule has 0 heterocycles. The summed E-state index contributed by atoms with van der Waals surface area (Å²) in [5, 5.41) is 0. The second-order valence-corrected chi connectivity index (χ2v) is 5.63. The summed E-state index contributed by atoms with van der Waals surface area (Å²) in [6.07, 6.45) is 9.59. The van der Waals surface area contributed by atoms with E-state index < -0.39 is 0 Å². The molecular weight excluding hydrogens is 180 g/mol. The molecule has 0 aliphatic carbocycles. The van der Waals surface area contributed by atoms with Gasteiger partial charge in [0.2, 0.25) is 0 Å². The lowest BCUT2D eigenvalue weighted by atomic mass is 9.95. The van der Waals surface area contributed by atoms with Gasteiger partial charge in [0.25, 0.3) is 0 Å². The molecule has 0 amide bonds. The predicted octanol–water partition coefficient (Wildman–Crippen LogP) is 5.59. The van der Waals surface area contributed by atoms with Gasteiger partial charge in [0.1, 0.15) is 0 Å². The molecule has 0 spiro atoms. The smallest absolute Gasteiger partial charge is 0.0326 e. The van der Waals surface area contributed by atoms with Crippen LogP contribution in [0.1, 0.15) is 72.6 Å². The molecule has 1 atom stereocenters. The molecule has 0 nitrogen and oxygen atoms in total. The summed E-state index contributed by atoms with van der Waals surface area (Å²) in [4.78, 5) is 0. The van der Waals surface area contributed by atoms with Gasteiger partial charge < -0.3 is 0 Å². The van der Waals surface area contributed by atoms with E-state index in [4.69, 9.17) is 0 Å². The quantitative estimate of drug-likeness (QED) is 0.344. The lowest BCUT2D eigenvalue weighted by molar-refractivity contribution is 0.422. The molecule has 1 unspecified atom stereocenters. The first-order valence-electron chi connectivity index (χ1n) is 6.66. The van der Waals surface area contributed by atoms with Crippen molar-refractivity contribution in [3.05, 3.63) is 12.2 Å². The van der Waals surface area contributed by atoms with Crippen molar-refractivity contribution in [2.75, 3.05) is 0 Å². The fraction of sp³-hybridized carbons (Fsp3) is 0.867. The average molecular weight is 210 g/mol. The highest BCUT2D eigenvalue weighted by molar-refractivity contribution is 4.87. The number of unbranched alkanes of at least 4 members (excludes halogenated alkanes) is 1. The standard InChI is InChI=1S/C15H30/c1-13(2)9-6-7-11-15(5)12-8-10-14(3)4/h14-15H,1,6-12H2,2-5H3.